The summed E-state index contributed by atoms with van der Waals surface area (Å²) in [6, 6.07) is 3.58. The van der Waals surface area contributed by atoms with E-state index < -0.39 is 0 Å². The molecule has 0 unspecified atom stereocenters. The highest BCUT2D eigenvalue weighted by Crippen LogP contribution is 2.22. The topological polar surface area (TPSA) is 87.4 Å². The van der Waals surface area contributed by atoms with Gasteiger partial charge in [-0.15, -0.1) is 0 Å². The van der Waals surface area contributed by atoms with Crippen LogP contribution in [0.1, 0.15) is 0 Å². The molecule has 0 saturated carbocycles. The highest BCUT2D eigenvalue weighted by molar-refractivity contribution is 5.64. The molecule has 19 heavy (non-hydrogen) atoms. The predicted molar refractivity (Wildman–Crippen MR) is 70.8 cm³/mol. The van der Waals surface area contributed by atoms with Crippen molar-refractivity contribution in [2.75, 3.05) is 5.73 Å². The Balaban J connectivity index is 2.13. The van der Waals surface area contributed by atoms with Crippen LogP contribution in [0.2, 0.25) is 0 Å². The van der Waals surface area contributed by atoms with Crippen molar-refractivity contribution in [1.82, 2.24) is 29.5 Å². The molecule has 0 fully saturated rings. The summed E-state index contributed by atoms with van der Waals surface area (Å²) in [7, 11) is 3.70. The molecule has 0 spiro atoms. The van der Waals surface area contributed by atoms with E-state index in [1.54, 1.807) is 27.8 Å². The summed E-state index contributed by atoms with van der Waals surface area (Å²) in [6.45, 7) is 0. The lowest BCUT2D eigenvalue weighted by Crippen LogP contribution is -2.01. The quantitative estimate of drug-likeness (QED) is 0.733. The van der Waals surface area contributed by atoms with E-state index in [1.807, 2.05) is 26.4 Å². The Morgan fingerprint density at radius 1 is 1.16 bits per heavy atom. The Labute approximate surface area is 109 Å². The number of nitrogens with two attached hydrogens (primary N) is 1. The van der Waals surface area contributed by atoms with Crippen molar-refractivity contribution in [2.24, 2.45) is 14.1 Å². The maximum absolute atomic E-state index is 5.85. The molecule has 2 N–H and O–H groups in total. The minimum absolute atomic E-state index is 0.421. The van der Waals surface area contributed by atoms with E-state index in [0.717, 1.165) is 17.0 Å². The zero-order valence-corrected chi connectivity index (χ0v) is 10.6. The Morgan fingerprint density at radius 3 is 2.63 bits per heavy atom. The van der Waals surface area contributed by atoms with Crippen LogP contribution in [0.5, 0.6) is 0 Å². The molecule has 0 aliphatic carbocycles. The molecule has 3 heterocycles. The highest BCUT2D eigenvalue weighted by Gasteiger charge is 2.11. The number of hydrogen-bond donors (Lipinski definition) is 1. The van der Waals surface area contributed by atoms with Crippen molar-refractivity contribution >= 4 is 5.82 Å². The Morgan fingerprint density at radius 2 is 2.00 bits per heavy atom. The molecule has 0 bridgehead atoms. The van der Waals surface area contributed by atoms with Crippen LogP contribution in [0.4, 0.5) is 5.82 Å². The fourth-order valence-corrected chi connectivity index (χ4v) is 1.88. The zero-order valence-electron chi connectivity index (χ0n) is 10.6. The largest absolute Gasteiger partial charge is 0.384 e. The minimum atomic E-state index is 0.421. The standard InChI is InChI=1S/C12H13N7/c1-18-7-8(6-15-18)9-5-11(13)17-12(16-9)10-3-4-14-19(10)2/h3-7H,1-2H3,(H2,13,16,17). The van der Waals surface area contributed by atoms with E-state index >= 15 is 0 Å². The molecule has 0 aliphatic rings. The van der Waals surface area contributed by atoms with Crippen LogP contribution >= 0.6 is 0 Å². The molecule has 0 atom stereocenters. The summed E-state index contributed by atoms with van der Waals surface area (Å²) in [5.41, 5.74) is 8.32. The average Bonchev–Trinajstić information content (AvgIpc) is 2.97. The first-order valence-electron chi connectivity index (χ1n) is 5.75. The summed E-state index contributed by atoms with van der Waals surface area (Å²) < 4.78 is 3.43. The number of rotatable bonds is 2. The van der Waals surface area contributed by atoms with Crippen molar-refractivity contribution in [3.8, 4) is 22.8 Å². The van der Waals surface area contributed by atoms with E-state index in [-0.39, 0.29) is 0 Å². The van der Waals surface area contributed by atoms with Gasteiger partial charge >= 0.3 is 0 Å². The molecule has 96 valence electrons. The van der Waals surface area contributed by atoms with Crippen LogP contribution in [-0.2, 0) is 14.1 Å². The van der Waals surface area contributed by atoms with Gasteiger partial charge in [-0.1, -0.05) is 0 Å². The van der Waals surface area contributed by atoms with Crippen LogP contribution in [-0.4, -0.2) is 29.5 Å². The van der Waals surface area contributed by atoms with E-state index in [2.05, 4.69) is 20.2 Å². The average molecular weight is 255 g/mol. The van der Waals surface area contributed by atoms with Crippen LogP contribution in [0.3, 0.4) is 0 Å². The third kappa shape index (κ3) is 2.05. The first kappa shape index (κ1) is 11.4. The second-order valence-corrected chi connectivity index (χ2v) is 4.24. The molecule has 0 amide bonds. The van der Waals surface area contributed by atoms with E-state index in [4.69, 9.17) is 5.73 Å². The smallest absolute Gasteiger partial charge is 0.180 e. The van der Waals surface area contributed by atoms with Gasteiger partial charge in [0.15, 0.2) is 5.82 Å². The maximum atomic E-state index is 5.85. The third-order valence-corrected chi connectivity index (χ3v) is 2.80. The van der Waals surface area contributed by atoms with Gasteiger partial charge in [0.05, 0.1) is 11.9 Å². The molecular formula is C12H13N7. The molecule has 0 radical (unpaired) electrons. The molecule has 0 aromatic carbocycles. The lowest BCUT2D eigenvalue weighted by molar-refractivity contribution is 0.767. The van der Waals surface area contributed by atoms with Crippen molar-refractivity contribution < 1.29 is 0 Å². The highest BCUT2D eigenvalue weighted by atomic mass is 15.3. The van der Waals surface area contributed by atoms with Gasteiger partial charge in [0.1, 0.15) is 11.5 Å². The van der Waals surface area contributed by atoms with Crippen molar-refractivity contribution in [2.45, 2.75) is 0 Å². The zero-order chi connectivity index (χ0) is 13.4. The Bertz CT molecular complexity index is 725. The van der Waals surface area contributed by atoms with E-state index in [9.17, 15) is 0 Å². The number of aryl methyl sites for hydroxylation is 2. The predicted octanol–water partition coefficient (Wildman–Crippen LogP) is 0.860. The molecular weight excluding hydrogens is 242 g/mol. The summed E-state index contributed by atoms with van der Waals surface area (Å²) in [6.07, 6.45) is 5.33. The van der Waals surface area contributed by atoms with Gasteiger partial charge in [0, 0.05) is 38.1 Å². The molecule has 0 aliphatic heterocycles. The van der Waals surface area contributed by atoms with Crippen molar-refractivity contribution in [3.63, 3.8) is 0 Å². The summed E-state index contributed by atoms with van der Waals surface area (Å²) in [5.74, 6) is 0.976. The van der Waals surface area contributed by atoms with Gasteiger partial charge in [-0.3, -0.25) is 9.36 Å². The Kier molecular flexibility index (Phi) is 2.52. The van der Waals surface area contributed by atoms with Gasteiger partial charge in [-0.05, 0) is 6.07 Å². The summed E-state index contributed by atoms with van der Waals surface area (Å²) in [5, 5.41) is 8.24. The van der Waals surface area contributed by atoms with Gasteiger partial charge < -0.3 is 5.73 Å². The molecule has 3 aromatic heterocycles. The van der Waals surface area contributed by atoms with Gasteiger partial charge in [0.25, 0.3) is 0 Å². The first-order valence-corrected chi connectivity index (χ1v) is 5.75. The number of aromatic nitrogens is 6. The normalized spacial score (nSPS) is 10.8. The minimum Gasteiger partial charge on any atom is -0.384 e. The van der Waals surface area contributed by atoms with Gasteiger partial charge in [-0.25, -0.2) is 9.97 Å². The van der Waals surface area contributed by atoms with E-state index in [1.165, 1.54) is 0 Å². The van der Waals surface area contributed by atoms with Crippen molar-refractivity contribution in [1.29, 1.82) is 0 Å². The number of anilines is 1. The van der Waals surface area contributed by atoms with E-state index in [0.29, 0.717) is 11.6 Å². The Hall–Kier alpha value is -2.70. The van der Waals surface area contributed by atoms with Crippen LogP contribution < -0.4 is 5.73 Å². The number of nitrogens with zero attached hydrogens (tertiary/aromatic N) is 6. The molecule has 0 saturated heterocycles. The van der Waals surface area contributed by atoms with Crippen molar-refractivity contribution in [3.05, 3.63) is 30.7 Å². The fourth-order valence-electron chi connectivity index (χ4n) is 1.88. The second-order valence-electron chi connectivity index (χ2n) is 4.24. The fraction of sp³-hybridized carbons (Fsp3) is 0.167. The molecule has 7 heteroatoms. The third-order valence-electron chi connectivity index (χ3n) is 2.80. The molecule has 3 aromatic rings. The molecule has 3 rings (SSSR count). The monoisotopic (exact) mass is 255 g/mol. The summed E-state index contributed by atoms with van der Waals surface area (Å²) in [4.78, 5) is 8.76. The van der Waals surface area contributed by atoms with Gasteiger partial charge in [-0.2, -0.15) is 10.2 Å². The lowest BCUT2D eigenvalue weighted by Gasteiger charge is -2.04. The van der Waals surface area contributed by atoms with Crippen LogP contribution in [0.15, 0.2) is 30.7 Å². The SMILES string of the molecule is Cn1cc(-c2cc(N)nc(-c3ccnn3C)n2)cn1. The van der Waals surface area contributed by atoms with Crippen LogP contribution in [0, 0.1) is 0 Å². The van der Waals surface area contributed by atoms with Gasteiger partial charge in [0.2, 0.25) is 0 Å². The maximum Gasteiger partial charge on any atom is 0.180 e. The molecule has 7 nitrogen and oxygen atoms in total. The lowest BCUT2D eigenvalue weighted by atomic mass is 10.2. The number of hydrogen-bond acceptors (Lipinski definition) is 5. The first-order chi connectivity index (χ1) is 9.13. The second kappa shape index (κ2) is 4.20. The van der Waals surface area contributed by atoms with Crippen LogP contribution in [0.25, 0.3) is 22.8 Å². The summed E-state index contributed by atoms with van der Waals surface area (Å²) >= 11 is 0. The number of nitrogen functional groups attached to an aromatic ring is 1.